The molecule has 0 radical (unpaired) electrons. The summed E-state index contributed by atoms with van der Waals surface area (Å²) >= 11 is 0. The van der Waals surface area contributed by atoms with Gasteiger partial charge in [-0.05, 0) is 37.1 Å². The third-order valence-corrected chi connectivity index (χ3v) is 4.70. The number of rotatable bonds is 3. The van der Waals surface area contributed by atoms with Gasteiger partial charge in [-0.3, -0.25) is 0 Å². The lowest BCUT2D eigenvalue weighted by Crippen LogP contribution is -2.47. The summed E-state index contributed by atoms with van der Waals surface area (Å²) in [4.78, 5) is 2.62. The first-order valence-corrected chi connectivity index (χ1v) is 7.14. The molecule has 0 spiro atoms. The molecule has 1 aliphatic carbocycles. The average molecular weight is 224 g/mol. The standard InChI is InChI=1S/C14H28N2/c1-11(2)14(15)10-16-8-7-12-5-3-4-6-13(12)9-16/h11-14H,3-10,15H2,1-2H3/t12-,13+,14-/m1/s1. The van der Waals surface area contributed by atoms with Crippen LogP contribution in [0, 0.1) is 17.8 Å². The molecule has 2 rings (SSSR count). The van der Waals surface area contributed by atoms with Gasteiger partial charge in [-0.15, -0.1) is 0 Å². The molecule has 0 bridgehead atoms. The summed E-state index contributed by atoms with van der Waals surface area (Å²) in [5.41, 5.74) is 6.17. The zero-order chi connectivity index (χ0) is 11.5. The zero-order valence-corrected chi connectivity index (χ0v) is 11.0. The van der Waals surface area contributed by atoms with E-state index in [1.807, 2.05) is 0 Å². The topological polar surface area (TPSA) is 29.3 Å². The second-order valence-corrected chi connectivity index (χ2v) is 6.26. The Morgan fingerprint density at radius 3 is 2.50 bits per heavy atom. The molecule has 2 fully saturated rings. The SMILES string of the molecule is CC(C)[C@H](N)CN1CC[C@H]2CCCC[C@H]2C1. The van der Waals surface area contributed by atoms with Crippen molar-refractivity contribution in [2.24, 2.45) is 23.5 Å². The van der Waals surface area contributed by atoms with Crippen molar-refractivity contribution in [3.63, 3.8) is 0 Å². The Morgan fingerprint density at radius 1 is 1.12 bits per heavy atom. The highest BCUT2D eigenvalue weighted by Gasteiger charge is 2.31. The monoisotopic (exact) mass is 224 g/mol. The normalized spacial score (nSPS) is 33.8. The first kappa shape index (κ1) is 12.4. The second-order valence-electron chi connectivity index (χ2n) is 6.26. The molecule has 16 heavy (non-hydrogen) atoms. The number of hydrogen-bond acceptors (Lipinski definition) is 2. The maximum absolute atomic E-state index is 6.17. The molecule has 2 N–H and O–H groups in total. The Labute approximate surface area is 101 Å². The molecule has 0 amide bonds. The van der Waals surface area contributed by atoms with Gasteiger partial charge in [0.2, 0.25) is 0 Å². The van der Waals surface area contributed by atoms with Gasteiger partial charge in [0.05, 0.1) is 0 Å². The van der Waals surface area contributed by atoms with Crippen molar-refractivity contribution >= 4 is 0 Å². The highest BCUT2D eigenvalue weighted by atomic mass is 15.1. The van der Waals surface area contributed by atoms with E-state index in [0.29, 0.717) is 12.0 Å². The van der Waals surface area contributed by atoms with E-state index >= 15 is 0 Å². The fourth-order valence-electron chi connectivity index (χ4n) is 3.35. The van der Waals surface area contributed by atoms with Crippen LogP contribution in [-0.4, -0.2) is 30.6 Å². The maximum atomic E-state index is 6.17. The van der Waals surface area contributed by atoms with Crippen molar-refractivity contribution in [2.45, 2.75) is 52.0 Å². The summed E-state index contributed by atoms with van der Waals surface area (Å²) in [7, 11) is 0. The van der Waals surface area contributed by atoms with Crippen LogP contribution in [0.4, 0.5) is 0 Å². The Balaban J connectivity index is 1.80. The zero-order valence-electron chi connectivity index (χ0n) is 11.0. The van der Waals surface area contributed by atoms with E-state index in [-0.39, 0.29) is 0 Å². The molecule has 0 aromatic carbocycles. The molecule has 0 aromatic heterocycles. The van der Waals surface area contributed by atoms with Gasteiger partial charge in [0.25, 0.3) is 0 Å². The van der Waals surface area contributed by atoms with Gasteiger partial charge < -0.3 is 10.6 Å². The fourth-order valence-corrected chi connectivity index (χ4v) is 3.35. The molecule has 0 aromatic rings. The lowest BCUT2D eigenvalue weighted by Gasteiger charge is -2.42. The summed E-state index contributed by atoms with van der Waals surface area (Å²) in [5.74, 6) is 2.64. The third-order valence-electron chi connectivity index (χ3n) is 4.70. The second kappa shape index (κ2) is 5.50. The largest absolute Gasteiger partial charge is 0.326 e. The summed E-state index contributed by atoms with van der Waals surface area (Å²) in [6.45, 7) is 8.20. The summed E-state index contributed by atoms with van der Waals surface area (Å²) < 4.78 is 0. The van der Waals surface area contributed by atoms with Crippen LogP contribution >= 0.6 is 0 Å². The molecule has 0 unspecified atom stereocenters. The van der Waals surface area contributed by atoms with Crippen molar-refractivity contribution in [3.05, 3.63) is 0 Å². The van der Waals surface area contributed by atoms with Crippen molar-refractivity contribution in [1.29, 1.82) is 0 Å². The van der Waals surface area contributed by atoms with Gasteiger partial charge in [0.1, 0.15) is 0 Å². The molecule has 2 heteroatoms. The minimum absolute atomic E-state index is 0.361. The lowest BCUT2D eigenvalue weighted by atomic mass is 9.75. The predicted octanol–water partition coefficient (Wildman–Crippen LogP) is 2.48. The van der Waals surface area contributed by atoms with E-state index in [9.17, 15) is 0 Å². The van der Waals surface area contributed by atoms with E-state index in [1.165, 1.54) is 45.2 Å². The minimum atomic E-state index is 0.361. The number of hydrogen-bond donors (Lipinski definition) is 1. The van der Waals surface area contributed by atoms with E-state index in [1.54, 1.807) is 0 Å². The molecule has 1 saturated heterocycles. The van der Waals surface area contributed by atoms with Gasteiger partial charge in [0, 0.05) is 19.1 Å². The summed E-state index contributed by atoms with van der Waals surface area (Å²) in [6.07, 6.45) is 7.33. The Bertz CT molecular complexity index is 215. The summed E-state index contributed by atoms with van der Waals surface area (Å²) in [5, 5.41) is 0. The predicted molar refractivity (Wildman–Crippen MR) is 69.3 cm³/mol. The van der Waals surface area contributed by atoms with E-state index in [0.717, 1.165) is 18.4 Å². The lowest BCUT2D eigenvalue weighted by molar-refractivity contribution is 0.0794. The molecular formula is C14H28N2. The first-order valence-electron chi connectivity index (χ1n) is 7.14. The number of fused-ring (bicyclic) bond motifs is 1. The Hall–Kier alpha value is -0.0800. The van der Waals surface area contributed by atoms with Gasteiger partial charge in [-0.1, -0.05) is 33.1 Å². The third kappa shape index (κ3) is 2.98. The van der Waals surface area contributed by atoms with Crippen molar-refractivity contribution < 1.29 is 0 Å². The van der Waals surface area contributed by atoms with Crippen molar-refractivity contribution in [3.8, 4) is 0 Å². The minimum Gasteiger partial charge on any atom is -0.326 e. The van der Waals surface area contributed by atoms with Gasteiger partial charge in [-0.25, -0.2) is 0 Å². The number of likely N-dealkylation sites (tertiary alicyclic amines) is 1. The Kier molecular flexibility index (Phi) is 4.26. The number of piperidine rings is 1. The molecule has 2 aliphatic rings. The van der Waals surface area contributed by atoms with Gasteiger partial charge >= 0.3 is 0 Å². The highest BCUT2D eigenvalue weighted by Crippen LogP contribution is 2.35. The maximum Gasteiger partial charge on any atom is 0.0191 e. The van der Waals surface area contributed by atoms with E-state index in [2.05, 4.69) is 18.7 Å². The van der Waals surface area contributed by atoms with E-state index in [4.69, 9.17) is 5.73 Å². The van der Waals surface area contributed by atoms with Crippen LogP contribution in [-0.2, 0) is 0 Å². The average Bonchev–Trinajstić information content (AvgIpc) is 2.28. The van der Waals surface area contributed by atoms with Crippen molar-refractivity contribution in [1.82, 2.24) is 4.90 Å². The highest BCUT2D eigenvalue weighted by molar-refractivity contribution is 4.85. The number of nitrogens with two attached hydrogens (primary N) is 1. The van der Waals surface area contributed by atoms with Gasteiger partial charge in [-0.2, -0.15) is 0 Å². The molecule has 3 atom stereocenters. The van der Waals surface area contributed by atoms with Crippen LogP contribution < -0.4 is 5.73 Å². The number of nitrogens with zero attached hydrogens (tertiary/aromatic N) is 1. The molecule has 2 nitrogen and oxygen atoms in total. The smallest absolute Gasteiger partial charge is 0.0191 e. The van der Waals surface area contributed by atoms with Crippen LogP contribution in [0.25, 0.3) is 0 Å². The fraction of sp³-hybridized carbons (Fsp3) is 1.00. The molecule has 1 heterocycles. The van der Waals surface area contributed by atoms with Crippen molar-refractivity contribution in [2.75, 3.05) is 19.6 Å². The molecule has 1 saturated carbocycles. The van der Waals surface area contributed by atoms with Crippen LogP contribution in [0.5, 0.6) is 0 Å². The molecular weight excluding hydrogens is 196 g/mol. The van der Waals surface area contributed by atoms with Crippen LogP contribution in [0.2, 0.25) is 0 Å². The van der Waals surface area contributed by atoms with Crippen LogP contribution in [0.1, 0.15) is 46.0 Å². The quantitative estimate of drug-likeness (QED) is 0.798. The van der Waals surface area contributed by atoms with E-state index < -0.39 is 0 Å². The molecule has 94 valence electrons. The summed E-state index contributed by atoms with van der Waals surface area (Å²) in [6, 6.07) is 0.361. The first-order chi connectivity index (χ1) is 7.66. The van der Waals surface area contributed by atoms with Gasteiger partial charge in [0.15, 0.2) is 0 Å². The van der Waals surface area contributed by atoms with Crippen LogP contribution in [0.15, 0.2) is 0 Å². The van der Waals surface area contributed by atoms with Crippen LogP contribution in [0.3, 0.4) is 0 Å². The molecule has 1 aliphatic heterocycles. The Morgan fingerprint density at radius 2 is 1.81 bits per heavy atom.